The van der Waals surface area contributed by atoms with Crippen LogP contribution in [-0.2, 0) is 9.47 Å². The maximum Gasteiger partial charge on any atom is 0.0947 e. The van der Waals surface area contributed by atoms with Crippen LogP contribution in [0.5, 0.6) is 0 Å². The lowest BCUT2D eigenvalue weighted by Crippen LogP contribution is -2.40. The molecule has 0 aromatic rings. The zero-order valence-corrected chi connectivity index (χ0v) is 7.48. The molecule has 2 fully saturated rings. The summed E-state index contributed by atoms with van der Waals surface area (Å²) in [6.07, 6.45) is 3.21. The third-order valence-corrected chi connectivity index (χ3v) is 2.97. The van der Waals surface area contributed by atoms with Gasteiger partial charge >= 0.3 is 0 Å². The van der Waals surface area contributed by atoms with E-state index in [0.717, 1.165) is 39.1 Å². The van der Waals surface area contributed by atoms with E-state index in [-0.39, 0.29) is 5.60 Å². The fraction of sp³-hybridized carbons (Fsp3) is 1.00. The van der Waals surface area contributed by atoms with E-state index in [2.05, 4.69) is 12.6 Å². The molecule has 0 radical (unpaired) electrons. The minimum absolute atomic E-state index is 0.0463. The summed E-state index contributed by atoms with van der Waals surface area (Å²) < 4.78 is 11.1. The van der Waals surface area contributed by atoms with Crippen molar-refractivity contribution in [2.45, 2.75) is 30.1 Å². The van der Waals surface area contributed by atoms with Crippen molar-refractivity contribution in [2.24, 2.45) is 0 Å². The van der Waals surface area contributed by atoms with E-state index in [4.69, 9.17) is 9.47 Å². The van der Waals surface area contributed by atoms with Crippen LogP contribution in [0.3, 0.4) is 0 Å². The molecule has 11 heavy (non-hydrogen) atoms. The van der Waals surface area contributed by atoms with E-state index in [0.29, 0.717) is 5.25 Å². The Bertz CT molecular complexity index is 143. The first-order valence-corrected chi connectivity index (χ1v) is 4.72. The second kappa shape index (κ2) is 2.96. The van der Waals surface area contributed by atoms with E-state index in [1.807, 2.05) is 0 Å². The molecule has 0 saturated carbocycles. The highest BCUT2D eigenvalue weighted by Gasteiger charge is 2.39. The Hall–Kier alpha value is 0.270. The molecule has 3 heteroatoms. The van der Waals surface area contributed by atoms with E-state index in [9.17, 15) is 0 Å². The van der Waals surface area contributed by atoms with Crippen molar-refractivity contribution in [3.05, 3.63) is 0 Å². The maximum absolute atomic E-state index is 5.72. The average molecular weight is 174 g/mol. The predicted octanol–water partition coefficient (Wildman–Crippen LogP) is 1.25. The van der Waals surface area contributed by atoms with E-state index < -0.39 is 0 Å². The standard InChI is InChI=1S/C8H14O2S/c11-7-1-3-10-8(5-7)2-4-9-6-8/h7,11H,1-6H2. The summed E-state index contributed by atoms with van der Waals surface area (Å²) in [5.74, 6) is 0. The van der Waals surface area contributed by atoms with E-state index in [1.165, 1.54) is 0 Å². The van der Waals surface area contributed by atoms with Crippen molar-refractivity contribution in [3.8, 4) is 0 Å². The van der Waals surface area contributed by atoms with Crippen molar-refractivity contribution in [2.75, 3.05) is 19.8 Å². The van der Waals surface area contributed by atoms with Gasteiger partial charge in [-0.05, 0) is 12.8 Å². The van der Waals surface area contributed by atoms with Crippen LogP contribution in [0.15, 0.2) is 0 Å². The molecule has 2 nitrogen and oxygen atoms in total. The molecule has 2 heterocycles. The smallest absolute Gasteiger partial charge is 0.0947 e. The van der Waals surface area contributed by atoms with Crippen molar-refractivity contribution < 1.29 is 9.47 Å². The number of thiol groups is 1. The molecule has 0 aromatic carbocycles. The first kappa shape index (κ1) is 7.90. The monoisotopic (exact) mass is 174 g/mol. The Balaban J connectivity index is 2.00. The third kappa shape index (κ3) is 1.55. The van der Waals surface area contributed by atoms with Crippen LogP contribution >= 0.6 is 12.6 Å². The zero-order chi connectivity index (χ0) is 7.73. The minimum atomic E-state index is 0.0463. The highest BCUT2D eigenvalue weighted by molar-refractivity contribution is 7.80. The minimum Gasteiger partial charge on any atom is -0.378 e. The quantitative estimate of drug-likeness (QED) is 0.557. The molecule has 2 unspecified atom stereocenters. The summed E-state index contributed by atoms with van der Waals surface area (Å²) in [6, 6.07) is 0. The highest BCUT2D eigenvalue weighted by atomic mass is 32.1. The van der Waals surface area contributed by atoms with Gasteiger partial charge in [-0.1, -0.05) is 0 Å². The highest BCUT2D eigenvalue weighted by Crippen LogP contribution is 2.34. The Morgan fingerprint density at radius 1 is 1.36 bits per heavy atom. The van der Waals surface area contributed by atoms with Crippen molar-refractivity contribution in [1.82, 2.24) is 0 Å². The van der Waals surface area contributed by atoms with Crippen LogP contribution < -0.4 is 0 Å². The molecule has 2 saturated heterocycles. The molecule has 2 atom stereocenters. The summed E-state index contributed by atoms with van der Waals surface area (Å²) >= 11 is 4.47. The van der Waals surface area contributed by atoms with Crippen LogP contribution in [0.25, 0.3) is 0 Å². The zero-order valence-electron chi connectivity index (χ0n) is 6.58. The Labute approximate surface area is 72.7 Å². The fourth-order valence-electron chi connectivity index (χ4n) is 1.87. The largest absolute Gasteiger partial charge is 0.378 e. The van der Waals surface area contributed by atoms with Crippen molar-refractivity contribution >= 4 is 12.6 Å². The van der Waals surface area contributed by atoms with Gasteiger partial charge in [0.15, 0.2) is 0 Å². The molecule has 0 aliphatic carbocycles. The molecule has 2 rings (SSSR count). The van der Waals surface area contributed by atoms with Gasteiger partial charge in [-0.3, -0.25) is 0 Å². The summed E-state index contributed by atoms with van der Waals surface area (Å²) in [4.78, 5) is 0. The number of hydrogen-bond acceptors (Lipinski definition) is 3. The third-order valence-electron chi connectivity index (χ3n) is 2.53. The van der Waals surface area contributed by atoms with Gasteiger partial charge in [0, 0.05) is 24.9 Å². The molecule has 2 aliphatic heterocycles. The average Bonchev–Trinajstić information content (AvgIpc) is 2.37. The van der Waals surface area contributed by atoms with Gasteiger partial charge in [0.2, 0.25) is 0 Å². The molecule has 2 aliphatic rings. The Morgan fingerprint density at radius 2 is 2.27 bits per heavy atom. The molecule has 0 aromatic heterocycles. The summed E-state index contributed by atoms with van der Waals surface area (Å²) in [5.41, 5.74) is 0.0463. The number of ether oxygens (including phenoxy) is 2. The van der Waals surface area contributed by atoms with E-state index in [1.54, 1.807) is 0 Å². The van der Waals surface area contributed by atoms with Gasteiger partial charge in [-0.15, -0.1) is 0 Å². The van der Waals surface area contributed by atoms with Gasteiger partial charge in [0.05, 0.1) is 12.2 Å². The number of hydrogen-bond donors (Lipinski definition) is 1. The molecule has 1 spiro atoms. The van der Waals surface area contributed by atoms with Crippen molar-refractivity contribution in [3.63, 3.8) is 0 Å². The molecule has 0 N–H and O–H groups in total. The number of rotatable bonds is 0. The van der Waals surface area contributed by atoms with Gasteiger partial charge in [0.1, 0.15) is 0 Å². The topological polar surface area (TPSA) is 18.5 Å². The van der Waals surface area contributed by atoms with Gasteiger partial charge in [0.25, 0.3) is 0 Å². The molecular formula is C8H14O2S. The summed E-state index contributed by atoms with van der Waals surface area (Å²) in [5, 5.41) is 0.519. The first-order chi connectivity index (χ1) is 5.31. The fourth-order valence-corrected chi connectivity index (χ4v) is 2.30. The normalized spacial score (nSPS) is 45.0. The molecular weight excluding hydrogens is 160 g/mol. The second-order valence-electron chi connectivity index (χ2n) is 3.48. The van der Waals surface area contributed by atoms with Crippen LogP contribution in [0.1, 0.15) is 19.3 Å². The van der Waals surface area contributed by atoms with Crippen LogP contribution in [-0.4, -0.2) is 30.7 Å². The SMILES string of the molecule is SC1CCOC2(CCOC2)C1. The lowest BCUT2D eigenvalue weighted by molar-refractivity contribution is -0.0767. The predicted molar refractivity (Wildman–Crippen MR) is 46.1 cm³/mol. The maximum atomic E-state index is 5.72. The van der Waals surface area contributed by atoms with Gasteiger partial charge < -0.3 is 9.47 Å². The lowest BCUT2D eigenvalue weighted by Gasteiger charge is -2.35. The molecule has 64 valence electrons. The summed E-state index contributed by atoms with van der Waals surface area (Å²) in [7, 11) is 0. The lowest BCUT2D eigenvalue weighted by atomic mass is 9.93. The molecule has 0 bridgehead atoms. The molecule has 0 amide bonds. The Morgan fingerprint density at radius 3 is 2.91 bits per heavy atom. The van der Waals surface area contributed by atoms with Gasteiger partial charge in [-0.25, -0.2) is 0 Å². The van der Waals surface area contributed by atoms with Crippen LogP contribution in [0, 0.1) is 0 Å². The van der Waals surface area contributed by atoms with Gasteiger partial charge in [-0.2, -0.15) is 12.6 Å². The van der Waals surface area contributed by atoms with Crippen LogP contribution in [0.4, 0.5) is 0 Å². The second-order valence-corrected chi connectivity index (χ2v) is 4.21. The first-order valence-electron chi connectivity index (χ1n) is 4.21. The summed E-state index contributed by atoms with van der Waals surface area (Å²) in [6.45, 7) is 2.50. The Kier molecular flexibility index (Phi) is 2.12. The van der Waals surface area contributed by atoms with E-state index >= 15 is 0 Å². The van der Waals surface area contributed by atoms with Crippen molar-refractivity contribution in [1.29, 1.82) is 0 Å². The van der Waals surface area contributed by atoms with Crippen LogP contribution in [0.2, 0.25) is 0 Å².